The molecule has 3 nitrogen and oxygen atoms in total. The highest BCUT2D eigenvalue weighted by molar-refractivity contribution is 5.88. The molecule has 0 unspecified atom stereocenters. The van der Waals surface area contributed by atoms with Gasteiger partial charge in [-0.2, -0.15) is 0 Å². The van der Waals surface area contributed by atoms with Crippen molar-refractivity contribution in [1.82, 2.24) is 5.32 Å². The number of amides is 1. The SMILES string of the molecule is CC(N)=CC(=O)NC1CCCC1. The molecule has 1 aliphatic rings. The third-order valence-electron chi connectivity index (χ3n) is 2.06. The van der Waals surface area contributed by atoms with E-state index in [9.17, 15) is 4.79 Å². The third-order valence-corrected chi connectivity index (χ3v) is 2.06. The number of allylic oxidation sites excluding steroid dienone is 1. The van der Waals surface area contributed by atoms with Crippen LogP contribution in [0.2, 0.25) is 0 Å². The molecule has 0 aromatic heterocycles. The lowest BCUT2D eigenvalue weighted by Gasteiger charge is -2.09. The van der Waals surface area contributed by atoms with Gasteiger partial charge in [-0.25, -0.2) is 0 Å². The number of carbonyl (C=O) groups is 1. The van der Waals surface area contributed by atoms with Crippen LogP contribution in [-0.4, -0.2) is 11.9 Å². The minimum Gasteiger partial charge on any atom is -0.402 e. The van der Waals surface area contributed by atoms with Crippen LogP contribution in [0.3, 0.4) is 0 Å². The molecule has 1 fully saturated rings. The van der Waals surface area contributed by atoms with E-state index in [1.54, 1.807) is 6.92 Å². The molecule has 0 atom stereocenters. The molecule has 0 saturated heterocycles. The number of carbonyl (C=O) groups excluding carboxylic acids is 1. The summed E-state index contributed by atoms with van der Waals surface area (Å²) < 4.78 is 0. The molecule has 0 aromatic carbocycles. The van der Waals surface area contributed by atoms with Gasteiger partial charge in [0, 0.05) is 17.8 Å². The maximum absolute atomic E-state index is 11.1. The fourth-order valence-electron chi connectivity index (χ4n) is 1.52. The minimum absolute atomic E-state index is 0.0538. The molecule has 68 valence electrons. The van der Waals surface area contributed by atoms with E-state index in [1.165, 1.54) is 18.9 Å². The molecule has 0 radical (unpaired) electrons. The molecule has 1 rings (SSSR count). The summed E-state index contributed by atoms with van der Waals surface area (Å²) in [6, 6.07) is 0.382. The Labute approximate surface area is 73.0 Å². The van der Waals surface area contributed by atoms with Crippen LogP contribution >= 0.6 is 0 Å². The summed E-state index contributed by atoms with van der Waals surface area (Å²) in [5.74, 6) is -0.0538. The first kappa shape index (κ1) is 9.10. The molecule has 0 heterocycles. The largest absolute Gasteiger partial charge is 0.402 e. The van der Waals surface area contributed by atoms with Crippen molar-refractivity contribution in [3.63, 3.8) is 0 Å². The van der Waals surface area contributed by atoms with Crippen molar-refractivity contribution in [2.45, 2.75) is 38.6 Å². The van der Waals surface area contributed by atoms with Gasteiger partial charge in [-0.15, -0.1) is 0 Å². The zero-order chi connectivity index (χ0) is 8.97. The fourth-order valence-corrected chi connectivity index (χ4v) is 1.52. The Hall–Kier alpha value is -0.990. The second-order valence-corrected chi connectivity index (χ2v) is 3.38. The Kier molecular flexibility index (Phi) is 3.14. The fraction of sp³-hybridized carbons (Fsp3) is 0.667. The first-order chi connectivity index (χ1) is 5.68. The van der Waals surface area contributed by atoms with E-state index >= 15 is 0 Å². The Balaban J connectivity index is 2.30. The third kappa shape index (κ3) is 2.95. The van der Waals surface area contributed by atoms with Gasteiger partial charge in [0.25, 0.3) is 0 Å². The van der Waals surface area contributed by atoms with Crippen LogP contribution in [-0.2, 0) is 4.79 Å². The van der Waals surface area contributed by atoms with Gasteiger partial charge in [0.2, 0.25) is 5.91 Å². The van der Waals surface area contributed by atoms with Gasteiger partial charge in [-0.1, -0.05) is 12.8 Å². The Morgan fingerprint density at radius 1 is 1.50 bits per heavy atom. The number of nitrogens with one attached hydrogen (secondary N) is 1. The summed E-state index contributed by atoms with van der Waals surface area (Å²) in [5.41, 5.74) is 5.93. The maximum atomic E-state index is 11.1. The van der Waals surface area contributed by atoms with Crippen LogP contribution in [0.1, 0.15) is 32.6 Å². The molecule has 0 spiro atoms. The second-order valence-electron chi connectivity index (χ2n) is 3.38. The highest BCUT2D eigenvalue weighted by Crippen LogP contribution is 2.17. The van der Waals surface area contributed by atoms with Gasteiger partial charge >= 0.3 is 0 Å². The van der Waals surface area contributed by atoms with Gasteiger partial charge in [0.1, 0.15) is 0 Å². The first-order valence-electron chi connectivity index (χ1n) is 4.43. The van der Waals surface area contributed by atoms with Crippen molar-refractivity contribution in [2.75, 3.05) is 0 Å². The molecule has 0 bridgehead atoms. The lowest BCUT2D eigenvalue weighted by molar-refractivity contribution is -0.117. The van der Waals surface area contributed by atoms with Crippen LogP contribution in [0.25, 0.3) is 0 Å². The smallest absolute Gasteiger partial charge is 0.245 e. The molecule has 1 saturated carbocycles. The van der Waals surface area contributed by atoms with Crippen molar-refractivity contribution in [3.8, 4) is 0 Å². The molecular formula is C9H16N2O. The average molecular weight is 168 g/mol. The summed E-state index contributed by atoms with van der Waals surface area (Å²) in [6.45, 7) is 1.72. The van der Waals surface area contributed by atoms with E-state index in [0.29, 0.717) is 11.7 Å². The summed E-state index contributed by atoms with van der Waals surface area (Å²) >= 11 is 0. The van der Waals surface area contributed by atoms with E-state index in [2.05, 4.69) is 5.32 Å². The second kappa shape index (κ2) is 4.14. The quantitative estimate of drug-likeness (QED) is 0.602. The van der Waals surface area contributed by atoms with Crippen molar-refractivity contribution in [2.24, 2.45) is 5.73 Å². The molecular weight excluding hydrogens is 152 g/mol. The number of hydrogen-bond acceptors (Lipinski definition) is 2. The van der Waals surface area contributed by atoms with Gasteiger partial charge in [0.15, 0.2) is 0 Å². The molecule has 1 aliphatic carbocycles. The van der Waals surface area contributed by atoms with E-state index < -0.39 is 0 Å². The van der Waals surface area contributed by atoms with Crippen molar-refractivity contribution < 1.29 is 4.79 Å². The highest BCUT2D eigenvalue weighted by atomic mass is 16.1. The standard InChI is InChI=1S/C9H16N2O/c1-7(10)6-9(12)11-8-4-2-3-5-8/h6,8H,2-5,10H2,1H3,(H,11,12). The number of hydrogen-bond donors (Lipinski definition) is 2. The summed E-state index contributed by atoms with van der Waals surface area (Å²) in [6.07, 6.45) is 6.14. The Bertz CT molecular complexity index is 189. The molecule has 0 aromatic rings. The monoisotopic (exact) mass is 168 g/mol. The Morgan fingerprint density at radius 2 is 2.08 bits per heavy atom. The van der Waals surface area contributed by atoms with Crippen LogP contribution in [0.5, 0.6) is 0 Å². The van der Waals surface area contributed by atoms with Gasteiger partial charge < -0.3 is 11.1 Å². The highest BCUT2D eigenvalue weighted by Gasteiger charge is 2.15. The Morgan fingerprint density at radius 3 is 2.58 bits per heavy atom. The van der Waals surface area contributed by atoms with E-state index in [0.717, 1.165) is 12.8 Å². The van der Waals surface area contributed by atoms with Gasteiger partial charge in [0.05, 0.1) is 0 Å². The maximum Gasteiger partial charge on any atom is 0.245 e. The van der Waals surface area contributed by atoms with E-state index in [-0.39, 0.29) is 5.91 Å². The van der Waals surface area contributed by atoms with Gasteiger partial charge in [-0.05, 0) is 19.8 Å². The predicted octanol–water partition coefficient (Wildman–Crippen LogP) is 0.908. The molecule has 3 N–H and O–H groups in total. The zero-order valence-corrected chi connectivity index (χ0v) is 7.47. The van der Waals surface area contributed by atoms with Crippen LogP contribution in [0, 0.1) is 0 Å². The van der Waals surface area contributed by atoms with Crippen LogP contribution in [0.4, 0.5) is 0 Å². The first-order valence-corrected chi connectivity index (χ1v) is 4.43. The van der Waals surface area contributed by atoms with Crippen LogP contribution < -0.4 is 11.1 Å². The predicted molar refractivity (Wildman–Crippen MR) is 48.3 cm³/mol. The normalized spacial score (nSPS) is 19.6. The lowest BCUT2D eigenvalue weighted by Crippen LogP contribution is -2.31. The minimum atomic E-state index is -0.0538. The van der Waals surface area contributed by atoms with Crippen molar-refractivity contribution in [3.05, 3.63) is 11.8 Å². The topological polar surface area (TPSA) is 55.1 Å². The molecule has 0 aliphatic heterocycles. The summed E-state index contributed by atoms with van der Waals surface area (Å²) in [4.78, 5) is 11.1. The van der Waals surface area contributed by atoms with Gasteiger partial charge in [-0.3, -0.25) is 4.79 Å². The summed E-state index contributed by atoms with van der Waals surface area (Å²) in [7, 11) is 0. The average Bonchev–Trinajstić information content (AvgIpc) is 2.37. The van der Waals surface area contributed by atoms with E-state index in [1.807, 2.05) is 0 Å². The number of rotatable bonds is 2. The van der Waals surface area contributed by atoms with Crippen molar-refractivity contribution in [1.29, 1.82) is 0 Å². The lowest BCUT2D eigenvalue weighted by atomic mass is 10.2. The number of nitrogens with two attached hydrogens (primary N) is 1. The van der Waals surface area contributed by atoms with E-state index in [4.69, 9.17) is 5.73 Å². The van der Waals surface area contributed by atoms with Crippen molar-refractivity contribution >= 4 is 5.91 Å². The summed E-state index contributed by atoms with van der Waals surface area (Å²) in [5, 5.41) is 2.91. The van der Waals surface area contributed by atoms with Crippen LogP contribution in [0.15, 0.2) is 11.8 Å². The molecule has 1 amide bonds. The molecule has 3 heteroatoms. The zero-order valence-electron chi connectivity index (χ0n) is 7.47. The molecule has 12 heavy (non-hydrogen) atoms.